The lowest BCUT2D eigenvalue weighted by Gasteiger charge is -2.29. The predicted octanol–water partition coefficient (Wildman–Crippen LogP) is 17.0. The molecule has 0 heterocycles. The summed E-state index contributed by atoms with van der Waals surface area (Å²) in [6, 6.07) is 45.5. The molecule has 0 saturated carbocycles. The van der Waals surface area contributed by atoms with E-state index in [1.165, 1.54) is 82.8 Å². The fraction of sp³-hybridized carbons (Fsp3) is 0.0968. The van der Waals surface area contributed by atoms with Crippen molar-refractivity contribution in [1.82, 2.24) is 0 Å². The summed E-state index contributed by atoms with van der Waals surface area (Å²) in [6.45, 7) is 15.4. The van der Waals surface area contributed by atoms with Gasteiger partial charge in [-0.2, -0.15) is 0 Å². The van der Waals surface area contributed by atoms with Gasteiger partial charge in [-0.1, -0.05) is 232 Å². The van der Waals surface area contributed by atoms with Crippen LogP contribution in [0.3, 0.4) is 0 Å². The second kappa shape index (κ2) is 19.9. The highest BCUT2D eigenvalue weighted by Gasteiger charge is 2.27. The van der Waals surface area contributed by atoms with Crippen LogP contribution in [0.1, 0.15) is 53.5 Å². The highest BCUT2D eigenvalue weighted by Crippen LogP contribution is 2.48. The molecule has 0 N–H and O–H groups in total. The van der Waals surface area contributed by atoms with E-state index in [1.54, 1.807) is 0 Å². The van der Waals surface area contributed by atoms with Crippen molar-refractivity contribution < 1.29 is 0 Å². The van der Waals surface area contributed by atoms with Crippen LogP contribution in [0.5, 0.6) is 0 Å². The minimum Gasteiger partial charge on any atom is -0.0990 e. The van der Waals surface area contributed by atoms with Gasteiger partial charge in [-0.05, 0) is 139 Å². The first-order valence-electron chi connectivity index (χ1n) is 21.8. The van der Waals surface area contributed by atoms with Crippen LogP contribution in [0.15, 0.2) is 254 Å². The Morgan fingerprint density at radius 1 is 0.629 bits per heavy atom. The molecule has 0 saturated heterocycles. The average molecular weight is 799 g/mol. The van der Waals surface area contributed by atoms with Crippen molar-refractivity contribution in [3.8, 4) is 11.1 Å². The smallest absolute Gasteiger partial charge is 0.00666 e. The lowest BCUT2D eigenvalue weighted by atomic mass is 9.75. The molecule has 3 aliphatic rings. The minimum absolute atomic E-state index is 0.907. The highest BCUT2D eigenvalue weighted by molar-refractivity contribution is 6.09. The molecule has 3 aliphatic carbocycles. The van der Waals surface area contributed by atoms with Crippen LogP contribution in [-0.4, -0.2) is 0 Å². The molecule has 0 unspecified atom stereocenters. The van der Waals surface area contributed by atoms with Gasteiger partial charge in [0.25, 0.3) is 0 Å². The van der Waals surface area contributed by atoms with Crippen molar-refractivity contribution in [3.05, 3.63) is 282 Å². The molecular formula is C62H54. The zero-order valence-corrected chi connectivity index (χ0v) is 35.9. The van der Waals surface area contributed by atoms with E-state index in [4.69, 9.17) is 6.58 Å². The molecule has 302 valence electrons. The zero-order chi connectivity index (χ0) is 42.7. The van der Waals surface area contributed by atoms with Gasteiger partial charge < -0.3 is 0 Å². The van der Waals surface area contributed by atoms with Gasteiger partial charge in [0.15, 0.2) is 0 Å². The molecule has 0 aromatic heterocycles. The fourth-order valence-electron chi connectivity index (χ4n) is 8.75. The van der Waals surface area contributed by atoms with Crippen molar-refractivity contribution in [2.24, 2.45) is 0 Å². The lowest BCUT2D eigenvalue weighted by molar-refractivity contribution is 0.942. The molecule has 0 radical (unpaired) electrons. The number of allylic oxidation sites excluding steroid dienone is 20. The van der Waals surface area contributed by atoms with Crippen LogP contribution < -0.4 is 0 Å². The Labute approximate surface area is 369 Å². The van der Waals surface area contributed by atoms with E-state index in [-0.39, 0.29) is 0 Å². The number of hydrogen-bond donors (Lipinski definition) is 0. The summed E-state index contributed by atoms with van der Waals surface area (Å²) in [5.41, 5.74) is 17.6. The molecule has 0 nitrogen and oxygen atoms in total. The predicted molar refractivity (Wildman–Crippen MR) is 272 cm³/mol. The Kier molecular flexibility index (Phi) is 13.3. The van der Waals surface area contributed by atoms with E-state index < -0.39 is 0 Å². The highest BCUT2D eigenvalue weighted by atomic mass is 14.3. The standard InChI is InChI=1S/C56H48.C6H6/c1-5-17-45-36-48(31-28-40(45)3)56-52-25-16-15-24-51(52)55(49-33-32-43-21-13-14-22-47(43)37-49)53-35-34-46(38-54(53)56)41(4)50(44-29-26-39(2)27-30-44)23-12-7-6-9-18-42-19-10-8-11-20-42;1-2-4-6-5-3-1/h5-19,21-27,29-30,32-33,36-38H,1,3-4,20,28,31,34-35H2,2H3;1-6H/b9-6+,12-7-,42-18-,45-17-,50-23-;. The maximum atomic E-state index is 4.83. The Bertz CT molecular complexity index is 2910. The maximum absolute atomic E-state index is 4.83. The average Bonchev–Trinajstić information content (AvgIpc) is 3.32. The molecule has 0 aliphatic heterocycles. The van der Waals surface area contributed by atoms with Crippen molar-refractivity contribution in [2.75, 3.05) is 0 Å². The van der Waals surface area contributed by atoms with Crippen LogP contribution in [0.4, 0.5) is 0 Å². The quantitative estimate of drug-likeness (QED) is 0.128. The first kappa shape index (κ1) is 41.5. The number of hydrogen-bond acceptors (Lipinski definition) is 0. The SMILES string of the molecule is C=C/C=C1/C=C(c2c3c(c(-c4ccc5ccccc5c4)c4ccccc24)CCC(C(=C)/C(=C/C=C\C=C\C=C2\C=CC=CC2)c2ccc(C)cc2)=C3)CCC1=C.c1ccccc1. The molecule has 0 heteroatoms. The van der Waals surface area contributed by atoms with E-state index in [9.17, 15) is 0 Å². The number of rotatable bonds is 9. The largest absolute Gasteiger partial charge is 0.0990 e. The normalized spacial score (nSPS) is 16.4. The van der Waals surface area contributed by atoms with E-state index in [0.29, 0.717) is 0 Å². The first-order valence-corrected chi connectivity index (χ1v) is 21.8. The van der Waals surface area contributed by atoms with E-state index >= 15 is 0 Å². The molecule has 0 bridgehead atoms. The molecule has 9 rings (SSSR count). The summed E-state index contributed by atoms with van der Waals surface area (Å²) in [6.07, 6.45) is 34.9. The molecule has 0 spiro atoms. The second-order valence-corrected chi connectivity index (χ2v) is 16.1. The van der Waals surface area contributed by atoms with Crippen LogP contribution in [0.25, 0.3) is 49.9 Å². The topological polar surface area (TPSA) is 0 Å². The summed E-state index contributed by atoms with van der Waals surface area (Å²) in [7, 11) is 0. The molecule has 62 heavy (non-hydrogen) atoms. The van der Waals surface area contributed by atoms with Crippen molar-refractivity contribution in [3.63, 3.8) is 0 Å². The minimum atomic E-state index is 0.907. The molecule has 0 atom stereocenters. The third kappa shape index (κ3) is 9.52. The number of benzene rings is 6. The van der Waals surface area contributed by atoms with Gasteiger partial charge >= 0.3 is 0 Å². The van der Waals surface area contributed by atoms with Crippen LogP contribution in [0.2, 0.25) is 0 Å². The Hall–Kier alpha value is -7.28. The monoisotopic (exact) mass is 798 g/mol. The summed E-state index contributed by atoms with van der Waals surface area (Å²) in [4.78, 5) is 0. The van der Waals surface area contributed by atoms with Gasteiger partial charge in [0.1, 0.15) is 0 Å². The van der Waals surface area contributed by atoms with E-state index in [1.807, 2.05) is 42.5 Å². The summed E-state index contributed by atoms with van der Waals surface area (Å²) >= 11 is 0. The maximum Gasteiger partial charge on any atom is -0.00666 e. The number of fused-ring (bicyclic) bond motifs is 3. The van der Waals surface area contributed by atoms with Gasteiger partial charge in [0.05, 0.1) is 0 Å². The van der Waals surface area contributed by atoms with Gasteiger partial charge in [0.2, 0.25) is 0 Å². The molecule has 6 aromatic carbocycles. The summed E-state index contributed by atoms with van der Waals surface area (Å²) in [5, 5.41) is 5.11. The lowest BCUT2D eigenvalue weighted by Crippen LogP contribution is -2.09. The summed E-state index contributed by atoms with van der Waals surface area (Å²) < 4.78 is 0. The molecular weight excluding hydrogens is 745 g/mol. The molecule has 6 aromatic rings. The zero-order valence-electron chi connectivity index (χ0n) is 35.9. The Balaban J connectivity index is 0.000000813. The van der Waals surface area contributed by atoms with Gasteiger partial charge in [-0.25, -0.2) is 0 Å². The molecule has 0 fully saturated rings. The van der Waals surface area contributed by atoms with Crippen molar-refractivity contribution >= 4 is 38.8 Å². The third-order valence-corrected chi connectivity index (χ3v) is 12.0. The van der Waals surface area contributed by atoms with Crippen LogP contribution >= 0.6 is 0 Å². The second-order valence-electron chi connectivity index (χ2n) is 16.1. The van der Waals surface area contributed by atoms with E-state index in [0.717, 1.165) is 48.8 Å². The van der Waals surface area contributed by atoms with Crippen molar-refractivity contribution in [2.45, 2.75) is 39.0 Å². The molecule has 0 amide bonds. The van der Waals surface area contributed by atoms with Crippen LogP contribution in [0, 0.1) is 6.92 Å². The van der Waals surface area contributed by atoms with Gasteiger partial charge in [-0.15, -0.1) is 0 Å². The van der Waals surface area contributed by atoms with Crippen molar-refractivity contribution in [1.29, 1.82) is 0 Å². The first-order chi connectivity index (χ1) is 30.5. The summed E-state index contributed by atoms with van der Waals surface area (Å²) in [5.74, 6) is 0. The van der Waals surface area contributed by atoms with E-state index in [2.05, 4.69) is 190 Å². The van der Waals surface area contributed by atoms with Crippen LogP contribution in [-0.2, 0) is 6.42 Å². The fourth-order valence-corrected chi connectivity index (χ4v) is 8.75. The van der Waals surface area contributed by atoms with Gasteiger partial charge in [0, 0.05) is 0 Å². The third-order valence-electron chi connectivity index (χ3n) is 12.0. The van der Waals surface area contributed by atoms with Gasteiger partial charge in [-0.3, -0.25) is 0 Å². The Morgan fingerprint density at radius 2 is 1.34 bits per heavy atom. The number of aryl methyl sites for hydroxylation is 1. The Morgan fingerprint density at radius 3 is 2.06 bits per heavy atom.